The van der Waals surface area contributed by atoms with Crippen LogP contribution in [-0.2, 0) is 14.3 Å². The number of benzene rings is 2. The number of rotatable bonds is 8. The lowest BCUT2D eigenvalue weighted by molar-refractivity contribution is -0.159. The maximum atomic E-state index is 13.3. The number of ether oxygens (including phenoxy) is 1. The molecule has 0 aromatic heterocycles. The van der Waals surface area contributed by atoms with E-state index in [-0.39, 0.29) is 24.3 Å². The molecule has 6 rings (SSSR count). The van der Waals surface area contributed by atoms with Crippen LogP contribution in [0, 0.1) is 5.92 Å². The van der Waals surface area contributed by atoms with Crippen LogP contribution in [0.3, 0.4) is 0 Å². The van der Waals surface area contributed by atoms with Crippen LogP contribution in [0.15, 0.2) is 48.5 Å². The molecule has 2 aliphatic heterocycles. The number of carboxylic acids is 1. The SMILES string of the molecule is CSCC[C@@H](NC(=O)OCC1c2ccccc2-c2ccccc21)C(=O)N1CC2CC1(C(=O)O)C2. The molecule has 8 heteroatoms. The molecule has 2 amide bonds. The summed E-state index contributed by atoms with van der Waals surface area (Å²) in [5, 5.41) is 12.5. The predicted octanol–water partition coefficient (Wildman–Crippen LogP) is 3.72. The highest BCUT2D eigenvalue weighted by atomic mass is 32.2. The number of hydrogen-bond donors (Lipinski definition) is 2. The second-order valence-electron chi connectivity index (χ2n) is 9.36. The molecule has 0 radical (unpaired) electrons. The highest BCUT2D eigenvalue weighted by Gasteiger charge is 2.63. The summed E-state index contributed by atoms with van der Waals surface area (Å²) in [4.78, 5) is 39.4. The van der Waals surface area contributed by atoms with E-state index in [9.17, 15) is 19.5 Å². The van der Waals surface area contributed by atoms with E-state index < -0.39 is 23.6 Å². The summed E-state index contributed by atoms with van der Waals surface area (Å²) >= 11 is 1.57. The Morgan fingerprint density at radius 2 is 1.74 bits per heavy atom. The minimum absolute atomic E-state index is 0.0698. The van der Waals surface area contributed by atoms with Crippen LogP contribution in [0.25, 0.3) is 11.1 Å². The molecule has 178 valence electrons. The minimum atomic E-state index is -1.11. The summed E-state index contributed by atoms with van der Waals surface area (Å²) in [7, 11) is 0. The first-order valence-corrected chi connectivity index (χ1v) is 13.0. The van der Waals surface area contributed by atoms with E-state index in [0.29, 0.717) is 31.6 Å². The third-order valence-electron chi connectivity index (χ3n) is 7.42. The van der Waals surface area contributed by atoms with Crippen LogP contribution >= 0.6 is 11.8 Å². The van der Waals surface area contributed by atoms with Crippen molar-refractivity contribution in [3.8, 4) is 11.1 Å². The van der Waals surface area contributed by atoms with Crippen molar-refractivity contribution in [2.24, 2.45) is 5.92 Å². The average molecular weight is 481 g/mol. The van der Waals surface area contributed by atoms with Crippen molar-refractivity contribution in [2.75, 3.05) is 25.2 Å². The highest BCUT2D eigenvalue weighted by Crippen LogP contribution is 2.51. The van der Waals surface area contributed by atoms with Crippen molar-refractivity contribution >= 4 is 29.7 Å². The fraction of sp³-hybridized carbons (Fsp3) is 0.423. The molecule has 1 saturated carbocycles. The van der Waals surface area contributed by atoms with Crippen molar-refractivity contribution < 1.29 is 24.2 Å². The van der Waals surface area contributed by atoms with Gasteiger partial charge in [0.25, 0.3) is 0 Å². The van der Waals surface area contributed by atoms with Gasteiger partial charge >= 0.3 is 12.1 Å². The van der Waals surface area contributed by atoms with E-state index in [1.807, 2.05) is 30.5 Å². The van der Waals surface area contributed by atoms with Gasteiger partial charge in [-0.05, 0) is 59.4 Å². The number of alkyl carbamates (subject to hydrolysis) is 1. The maximum Gasteiger partial charge on any atom is 0.407 e. The standard InChI is InChI=1S/C26H28N2O5S/c1-34-11-10-22(23(29)28-14-16-12-26(28,13-16)24(30)31)27-25(32)33-15-21-19-8-4-2-6-17(19)18-7-3-5-9-20(18)21/h2-9,16,21-22H,10-15H2,1H3,(H,27,32)(H,30,31)/t16?,22-,26?/m1/s1. The van der Waals surface area contributed by atoms with Gasteiger partial charge in [-0.15, -0.1) is 0 Å². The first-order chi connectivity index (χ1) is 16.4. The highest BCUT2D eigenvalue weighted by molar-refractivity contribution is 7.98. The van der Waals surface area contributed by atoms with Crippen molar-refractivity contribution in [1.29, 1.82) is 0 Å². The van der Waals surface area contributed by atoms with E-state index in [1.54, 1.807) is 11.8 Å². The third-order valence-corrected chi connectivity index (χ3v) is 8.06. The quantitative estimate of drug-likeness (QED) is 0.598. The monoisotopic (exact) mass is 480 g/mol. The molecule has 1 atom stereocenters. The van der Waals surface area contributed by atoms with Gasteiger partial charge in [0.15, 0.2) is 0 Å². The summed E-state index contributed by atoms with van der Waals surface area (Å²) in [6.07, 6.45) is 2.68. The predicted molar refractivity (Wildman–Crippen MR) is 130 cm³/mol. The van der Waals surface area contributed by atoms with E-state index in [1.165, 1.54) is 4.90 Å². The lowest BCUT2D eigenvalue weighted by atomic mass is 9.73. The first-order valence-electron chi connectivity index (χ1n) is 11.6. The second-order valence-corrected chi connectivity index (χ2v) is 10.3. The van der Waals surface area contributed by atoms with Gasteiger partial charge in [0.2, 0.25) is 5.91 Å². The Hall–Kier alpha value is -3.00. The molecule has 2 saturated heterocycles. The molecular formula is C26H28N2O5S. The van der Waals surface area contributed by atoms with Gasteiger partial charge < -0.3 is 20.1 Å². The van der Waals surface area contributed by atoms with E-state index in [2.05, 4.69) is 29.6 Å². The van der Waals surface area contributed by atoms with E-state index in [4.69, 9.17) is 4.74 Å². The lowest BCUT2D eigenvalue weighted by Gasteiger charge is -2.39. The molecule has 2 aromatic rings. The van der Waals surface area contributed by atoms with Crippen molar-refractivity contribution in [3.05, 3.63) is 59.7 Å². The van der Waals surface area contributed by atoms with Crippen LogP contribution in [0.1, 0.15) is 36.3 Å². The molecule has 7 nitrogen and oxygen atoms in total. The number of nitrogens with zero attached hydrogens (tertiary/aromatic N) is 1. The number of nitrogens with one attached hydrogen (secondary N) is 1. The molecule has 2 aliphatic carbocycles. The molecule has 0 spiro atoms. The number of fused-ring (bicyclic) bond motifs is 4. The smallest absolute Gasteiger partial charge is 0.407 e. The number of aliphatic carboxylic acids is 1. The second kappa shape index (κ2) is 8.98. The third kappa shape index (κ3) is 3.74. The van der Waals surface area contributed by atoms with Crippen LogP contribution in [0.2, 0.25) is 0 Å². The zero-order valence-corrected chi connectivity index (χ0v) is 19.8. The van der Waals surface area contributed by atoms with Gasteiger partial charge in [-0.2, -0.15) is 11.8 Å². The normalized spacial score (nSPS) is 23.0. The maximum absolute atomic E-state index is 13.3. The number of carbonyl (C=O) groups is 3. The summed E-state index contributed by atoms with van der Waals surface area (Å²) in [6.45, 7) is 0.599. The Labute approximate surface area is 202 Å². The van der Waals surface area contributed by atoms with Crippen LogP contribution < -0.4 is 5.32 Å². The fourth-order valence-electron chi connectivity index (χ4n) is 5.73. The zero-order valence-electron chi connectivity index (χ0n) is 19.0. The summed E-state index contributed by atoms with van der Waals surface area (Å²) in [6, 6.07) is 15.4. The largest absolute Gasteiger partial charge is 0.479 e. The van der Waals surface area contributed by atoms with E-state index in [0.717, 1.165) is 22.3 Å². The molecule has 2 aromatic carbocycles. The molecule has 4 aliphatic rings. The number of carbonyl (C=O) groups excluding carboxylic acids is 2. The molecule has 3 fully saturated rings. The van der Waals surface area contributed by atoms with Gasteiger partial charge in [-0.25, -0.2) is 9.59 Å². The Morgan fingerprint density at radius 3 is 2.32 bits per heavy atom. The van der Waals surface area contributed by atoms with E-state index >= 15 is 0 Å². The number of amides is 2. The molecule has 2 N–H and O–H groups in total. The Morgan fingerprint density at radius 1 is 1.12 bits per heavy atom. The van der Waals surface area contributed by atoms with Crippen molar-refractivity contribution in [1.82, 2.24) is 10.2 Å². The van der Waals surface area contributed by atoms with Crippen molar-refractivity contribution in [3.63, 3.8) is 0 Å². The molecule has 34 heavy (non-hydrogen) atoms. The number of thioether (sulfide) groups is 1. The van der Waals surface area contributed by atoms with Crippen molar-refractivity contribution in [2.45, 2.75) is 36.8 Å². The van der Waals surface area contributed by atoms with Gasteiger partial charge in [-0.1, -0.05) is 48.5 Å². The lowest BCUT2D eigenvalue weighted by Crippen LogP contribution is -2.59. The zero-order chi connectivity index (χ0) is 23.9. The summed E-state index contributed by atoms with van der Waals surface area (Å²) in [5.74, 6) is -0.461. The summed E-state index contributed by atoms with van der Waals surface area (Å²) in [5.41, 5.74) is 3.42. The first kappa shape index (κ1) is 22.8. The van der Waals surface area contributed by atoms with Gasteiger partial charge in [0, 0.05) is 12.5 Å². The number of carboxylic acid groups (broad SMARTS) is 1. The molecule has 0 unspecified atom stereocenters. The minimum Gasteiger partial charge on any atom is -0.479 e. The Bertz CT molecular complexity index is 1080. The Kier molecular flexibility index (Phi) is 6.02. The van der Waals surface area contributed by atoms with Gasteiger partial charge in [0.05, 0.1) is 0 Å². The van der Waals surface area contributed by atoms with Gasteiger partial charge in [0.1, 0.15) is 18.2 Å². The summed E-state index contributed by atoms with van der Waals surface area (Å²) < 4.78 is 5.63. The fourth-order valence-corrected chi connectivity index (χ4v) is 6.20. The average Bonchev–Trinajstić information content (AvgIpc) is 3.48. The number of hydrogen-bond acceptors (Lipinski definition) is 5. The van der Waals surface area contributed by atoms with Crippen LogP contribution in [0.4, 0.5) is 4.79 Å². The Balaban J connectivity index is 1.27. The molecule has 2 bridgehead atoms. The van der Waals surface area contributed by atoms with Gasteiger partial charge in [-0.3, -0.25) is 4.79 Å². The van der Waals surface area contributed by atoms with Crippen LogP contribution in [-0.4, -0.2) is 64.7 Å². The van der Waals surface area contributed by atoms with Crippen LogP contribution in [0.5, 0.6) is 0 Å². The molecule has 2 heterocycles. The molecular weight excluding hydrogens is 452 g/mol. The topological polar surface area (TPSA) is 95.9 Å².